The van der Waals surface area contributed by atoms with E-state index >= 15 is 0 Å². The lowest BCUT2D eigenvalue weighted by molar-refractivity contribution is 1.06. The van der Waals surface area contributed by atoms with Gasteiger partial charge >= 0.3 is 0 Å². The van der Waals surface area contributed by atoms with Gasteiger partial charge in [-0.3, -0.25) is 0 Å². The Balaban J connectivity index is 2.45. The van der Waals surface area contributed by atoms with Crippen LogP contribution in [0.15, 0.2) is 24.3 Å². The second kappa shape index (κ2) is 2.24. The SMILES string of the molecule is Nc1ccccc1C1(Br)CC1. The smallest absolute Gasteiger partial charge is 0.0527 e. The van der Waals surface area contributed by atoms with E-state index in [-0.39, 0.29) is 4.32 Å². The molecule has 0 radical (unpaired) electrons. The number of hydrogen-bond donors (Lipinski definition) is 1. The summed E-state index contributed by atoms with van der Waals surface area (Å²) in [6.07, 6.45) is 2.42. The molecule has 1 saturated carbocycles. The third-order valence-corrected chi connectivity index (χ3v) is 3.35. The highest BCUT2D eigenvalue weighted by molar-refractivity contribution is 9.09. The quantitative estimate of drug-likeness (QED) is 0.562. The predicted octanol–water partition coefficient (Wildman–Crippen LogP) is 2.65. The van der Waals surface area contributed by atoms with Crippen LogP contribution in [-0.2, 0) is 4.32 Å². The second-order valence-electron chi connectivity index (χ2n) is 3.05. The van der Waals surface area contributed by atoms with Crippen molar-refractivity contribution < 1.29 is 0 Å². The van der Waals surface area contributed by atoms with Crippen LogP contribution in [0.5, 0.6) is 0 Å². The Morgan fingerprint density at radius 1 is 1.27 bits per heavy atom. The third kappa shape index (κ3) is 1.16. The minimum atomic E-state index is 0.221. The maximum absolute atomic E-state index is 5.82. The Morgan fingerprint density at radius 3 is 2.45 bits per heavy atom. The van der Waals surface area contributed by atoms with Crippen LogP contribution >= 0.6 is 15.9 Å². The average molecular weight is 212 g/mol. The summed E-state index contributed by atoms with van der Waals surface area (Å²) in [5, 5.41) is 0. The monoisotopic (exact) mass is 211 g/mol. The molecule has 2 heteroatoms. The lowest BCUT2D eigenvalue weighted by Crippen LogP contribution is -2.00. The van der Waals surface area contributed by atoms with Gasteiger partial charge in [0.05, 0.1) is 4.32 Å². The maximum Gasteiger partial charge on any atom is 0.0527 e. The molecule has 0 aromatic heterocycles. The van der Waals surface area contributed by atoms with Crippen LogP contribution in [0.4, 0.5) is 5.69 Å². The normalized spacial score (nSPS) is 19.7. The molecule has 0 aliphatic heterocycles. The summed E-state index contributed by atoms with van der Waals surface area (Å²) in [5.74, 6) is 0. The molecule has 0 atom stereocenters. The zero-order valence-electron chi connectivity index (χ0n) is 6.18. The molecule has 1 nitrogen and oxygen atoms in total. The number of rotatable bonds is 1. The van der Waals surface area contributed by atoms with Gasteiger partial charge in [-0.25, -0.2) is 0 Å². The van der Waals surface area contributed by atoms with Crippen molar-refractivity contribution in [3.63, 3.8) is 0 Å². The number of alkyl halides is 1. The number of anilines is 1. The van der Waals surface area contributed by atoms with Crippen LogP contribution < -0.4 is 5.73 Å². The van der Waals surface area contributed by atoms with Crippen molar-refractivity contribution in [2.24, 2.45) is 0 Å². The van der Waals surface area contributed by atoms with Gasteiger partial charge in [0.2, 0.25) is 0 Å². The largest absolute Gasteiger partial charge is 0.398 e. The van der Waals surface area contributed by atoms with Gasteiger partial charge in [-0.05, 0) is 24.5 Å². The zero-order valence-corrected chi connectivity index (χ0v) is 7.76. The standard InChI is InChI=1S/C9H10BrN/c10-9(5-6-9)7-3-1-2-4-8(7)11/h1-4H,5-6,11H2. The van der Waals surface area contributed by atoms with Crippen LogP contribution in [0, 0.1) is 0 Å². The van der Waals surface area contributed by atoms with E-state index in [9.17, 15) is 0 Å². The number of benzene rings is 1. The van der Waals surface area contributed by atoms with Crippen molar-refractivity contribution >= 4 is 21.6 Å². The molecule has 11 heavy (non-hydrogen) atoms. The molecule has 1 aliphatic rings. The zero-order chi connectivity index (χ0) is 7.90. The van der Waals surface area contributed by atoms with E-state index < -0.39 is 0 Å². The van der Waals surface area contributed by atoms with Crippen molar-refractivity contribution in [1.82, 2.24) is 0 Å². The lowest BCUT2D eigenvalue weighted by Gasteiger charge is -2.08. The number of nitrogens with two attached hydrogens (primary N) is 1. The van der Waals surface area contributed by atoms with E-state index in [2.05, 4.69) is 22.0 Å². The van der Waals surface area contributed by atoms with Gasteiger partial charge in [-0.2, -0.15) is 0 Å². The Kier molecular flexibility index (Phi) is 1.46. The summed E-state index contributed by atoms with van der Waals surface area (Å²) in [4.78, 5) is 0. The summed E-state index contributed by atoms with van der Waals surface area (Å²) in [5.41, 5.74) is 7.97. The van der Waals surface area contributed by atoms with Crippen molar-refractivity contribution in [2.45, 2.75) is 17.2 Å². The van der Waals surface area contributed by atoms with E-state index in [1.165, 1.54) is 18.4 Å². The minimum absolute atomic E-state index is 0.221. The number of para-hydroxylation sites is 1. The van der Waals surface area contributed by atoms with Crippen LogP contribution in [0.3, 0.4) is 0 Å². The first-order valence-corrected chi connectivity index (χ1v) is 4.56. The molecule has 0 heterocycles. The molecule has 58 valence electrons. The highest BCUT2D eigenvalue weighted by Crippen LogP contribution is 2.55. The van der Waals surface area contributed by atoms with E-state index in [1.54, 1.807) is 0 Å². The lowest BCUT2D eigenvalue weighted by atomic mass is 10.1. The number of halogens is 1. The highest BCUT2D eigenvalue weighted by Gasteiger charge is 2.42. The maximum atomic E-state index is 5.82. The van der Waals surface area contributed by atoms with E-state index in [0.717, 1.165) is 5.69 Å². The first-order chi connectivity index (χ1) is 5.22. The highest BCUT2D eigenvalue weighted by atomic mass is 79.9. The Labute approximate surface area is 74.7 Å². The fraction of sp³-hybridized carbons (Fsp3) is 0.333. The fourth-order valence-corrected chi connectivity index (χ4v) is 1.84. The molecule has 2 rings (SSSR count). The van der Waals surface area contributed by atoms with E-state index in [4.69, 9.17) is 5.73 Å². The molecule has 0 bridgehead atoms. The first-order valence-electron chi connectivity index (χ1n) is 3.76. The Morgan fingerprint density at radius 2 is 1.91 bits per heavy atom. The molecule has 1 aromatic rings. The van der Waals surface area contributed by atoms with Crippen LogP contribution in [0.2, 0.25) is 0 Å². The van der Waals surface area contributed by atoms with Gasteiger partial charge in [-0.15, -0.1) is 0 Å². The average Bonchev–Trinajstić information content (AvgIpc) is 2.70. The molecule has 2 N–H and O–H groups in total. The summed E-state index contributed by atoms with van der Waals surface area (Å²) in [6, 6.07) is 8.05. The number of nitrogen functional groups attached to an aromatic ring is 1. The molecule has 1 aromatic carbocycles. The Bertz CT molecular complexity index is 279. The number of hydrogen-bond acceptors (Lipinski definition) is 1. The molecular formula is C9H10BrN. The van der Waals surface area contributed by atoms with Crippen LogP contribution in [0.1, 0.15) is 18.4 Å². The van der Waals surface area contributed by atoms with Crippen molar-refractivity contribution in [1.29, 1.82) is 0 Å². The van der Waals surface area contributed by atoms with Gasteiger partial charge in [0, 0.05) is 5.69 Å². The molecule has 1 fully saturated rings. The summed E-state index contributed by atoms with van der Waals surface area (Å²) < 4.78 is 0.221. The van der Waals surface area contributed by atoms with E-state index in [1.807, 2.05) is 18.2 Å². The van der Waals surface area contributed by atoms with E-state index in [0.29, 0.717) is 0 Å². The van der Waals surface area contributed by atoms with Crippen LogP contribution in [-0.4, -0.2) is 0 Å². The van der Waals surface area contributed by atoms with Gasteiger partial charge in [0.25, 0.3) is 0 Å². The van der Waals surface area contributed by atoms with Gasteiger partial charge in [0.1, 0.15) is 0 Å². The summed E-state index contributed by atoms with van der Waals surface area (Å²) in [7, 11) is 0. The molecular weight excluding hydrogens is 202 g/mol. The third-order valence-electron chi connectivity index (χ3n) is 2.13. The van der Waals surface area contributed by atoms with Crippen molar-refractivity contribution in [2.75, 3.05) is 5.73 Å². The second-order valence-corrected chi connectivity index (χ2v) is 4.57. The molecule has 0 amide bonds. The van der Waals surface area contributed by atoms with Gasteiger partial charge in [0.15, 0.2) is 0 Å². The van der Waals surface area contributed by atoms with Crippen molar-refractivity contribution in [3.8, 4) is 0 Å². The first kappa shape index (κ1) is 7.17. The van der Waals surface area contributed by atoms with Gasteiger partial charge in [-0.1, -0.05) is 34.1 Å². The topological polar surface area (TPSA) is 26.0 Å². The molecule has 1 aliphatic carbocycles. The van der Waals surface area contributed by atoms with Gasteiger partial charge < -0.3 is 5.73 Å². The molecule has 0 saturated heterocycles. The summed E-state index contributed by atoms with van der Waals surface area (Å²) in [6.45, 7) is 0. The van der Waals surface area contributed by atoms with Crippen LogP contribution in [0.25, 0.3) is 0 Å². The molecule has 0 spiro atoms. The predicted molar refractivity (Wildman–Crippen MR) is 50.7 cm³/mol. The summed E-state index contributed by atoms with van der Waals surface area (Å²) >= 11 is 3.67. The fourth-order valence-electron chi connectivity index (χ4n) is 1.28. The Hall–Kier alpha value is -0.500. The minimum Gasteiger partial charge on any atom is -0.398 e. The molecule has 0 unspecified atom stereocenters. The van der Waals surface area contributed by atoms with Crippen molar-refractivity contribution in [3.05, 3.63) is 29.8 Å².